The monoisotopic (exact) mass is 445 g/mol. The van der Waals surface area contributed by atoms with E-state index in [1.807, 2.05) is 36.9 Å². The molecule has 1 aromatic heterocycles. The first-order chi connectivity index (χ1) is 14.4. The number of carbonyl (C=O) groups excluding carboxylic acids is 1. The van der Waals surface area contributed by atoms with Crippen molar-refractivity contribution >= 4 is 44.4 Å². The topological polar surface area (TPSA) is 95.5 Å². The van der Waals surface area contributed by atoms with Crippen molar-refractivity contribution in [3.63, 3.8) is 0 Å². The number of piperazine rings is 1. The molecular weight excluding hydrogens is 422 g/mol. The summed E-state index contributed by atoms with van der Waals surface area (Å²) in [5, 5.41) is 2.96. The summed E-state index contributed by atoms with van der Waals surface area (Å²) in [6.07, 6.45) is 0. The maximum absolute atomic E-state index is 13.1. The molecular formula is C20H23N5O3S2. The second-order valence-electron chi connectivity index (χ2n) is 7.36. The minimum Gasteiger partial charge on any atom is -0.325 e. The van der Waals surface area contributed by atoms with Crippen LogP contribution in [0.25, 0.3) is 11.0 Å². The number of fused-ring (bicyclic) bond motifs is 1. The van der Waals surface area contributed by atoms with Crippen LogP contribution >= 0.6 is 11.7 Å². The largest absolute Gasteiger partial charge is 0.325 e. The molecule has 1 saturated heterocycles. The molecule has 0 bridgehead atoms. The maximum atomic E-state index is 13.1. The highest BCUT2D eigenvalue weighted by Gasteiger charge is 2.31. The molecule has 2 aromatic carbocycles. The third kappa shape index (κ3) is 4.08. The summed E-state index contributed by atoms with van der Waals surface area (Å²) in [6.45, 7) is 5.85. The van der Waals surface area contributed by atoms with Crippen molar-refractivity contribution in [1.82, 2.24) is 18.0 Å². The zero-order valence-corrected chi connectivity index (χ0v) is 18.5. The highest BCUT2D eigenvalue weighted by Crippen LogP contribution is 2.25. The van der Waals surface area contributed by atoms with E-state index in [1.54, 1.807) is 18.2 Å². The fourth-order valence-electron chi connectivity index (χ4n) is 3.54. The standard InChI is InChI=1S/C20H23N5O3S2/c1-14-5-3-6-16(15(14)2)21-19(26)13-24-9-11-25(12-10-24)30(27,28)18-8-4-7-17-20(18)23-29-22-17/h3-8H,9-13H2,1-2H3,(H,21,26). The average Bonchev–Trinajstić information content (AvgIpc) is 3.20. The van der Waals surface area contributed by atoms with Crippen LogP contribution < -0.4 is 5.32 Å². The van der Waals surface area contributed by atoms with Crippen LogP contribution in [0.5, 0.6) is 0 Å². The molecule has 0 spiro atoms. The quantitative estimate of drug-likeness (QED) is 0.647. The summed E-state index contributed by atoms with van der Waals surface area (Å²) < 4.78 is 35.9. The number of amides is 1. The molecule has 0 radical (unpaired) electrons. The Morgan fingerprint density at radius 1 is 1.07 bits per heavy atom. The van der Waals surface area contributed by atoms with E-state index in [1.165, 1.54) is 4.31 Å². The Balaban J connectivity index is 1.38. The summed E-state index contributed by atoms with van der Waals surface area (Å²) in [5.41, 5.74) is 3.98. The van der Waals surface area contributed by atoms with Crippen molar-refractivity contribution in [2.24, 2.45) is 0 Å². The Hall–Kier alpha value is -2.40. The Bertz CT molecular complexity index is 1180. The normalized spacial score (nSPS) is 16.1. The summed E-state index contributed by atoms with van der Waals surface area (Å²) in [5.74, 6) is -0.0988. The van der Waals surface area contributed by atoms with Gasteiger partial charge in [-0.15, -0.1) is 0 Å². The number of carbonyl (C=O) groups is 1. The highest BCUT2D eigenvalue weighted by molar-refractivity contribution is 7.89. The van der Waals surface area contributed by atoms with Crippen molar-refractivity contribution in [3.8, 4) is 0 Å². The van der Waals surface area contributed by atoms with E-state index in [4.69, 9.17) is 0 Å². The van der Waals surface area contributed by atoms with Gasteiger partial charge in [0.05, 0.1) is 18.3 Å². The summed E-state index contributed by atoms with van der Waals surface area (Å²) in [6, 6.07) is 10.8. The lowest BCUT2D eigenvalue weighted by molar-refractivity contribution is -0.117. The Morgan fingerprint density at radius 2 is 1.80 bits per heavy atom. The highest BCUT2D eigenvalue weighted by atomic mass is 32.2. The summed E-state index contributed by atoms with van der Waals surface area (Å²) >= 11 is 1.00. The van der Waals surface area contributed by atoms with Crippen LogP contribution in [0.2, 0.25) is 0 Å². The second kappa shape index (κ2) is 8.38. The SMILES string of the molecule is Cc1cccc(NC(=O)CN2CCN(S(=O)(=O)c3cccc4nsnc34)CC2)c1C. The fourth-order valence-corrected chi connectivity index (χ4v) is 5.71. The average molecular weight is 446 g/mol. The molecule has 1 aliphatic rings. The van der Waals surface area contributed by atoms with Crippen molar-refractivity contribution in [1.29, 1.82) is 0 Å². The van der Waals surface area contributed by atoms with Gasteiger partial charge in [-0.3, -0.25) is 9.69 Å². The Morgan fingerprint density at radius 3 is 2.57 bits per heavy atom. The molecule has 10 heteroatoms. The fraction of sp³-hybridized carbons (Fsp3) is 0.350. The summed E-state index contributed by atoms with van der Waals surface area (Å²) in [7, 11) is -3.66. The smallest absolute Gasteiger partial charge is 0.245 e. The lowest BCUT2D eigenvalue weighted by atomic mass is 10.1. The molecule has 1 aliphatic heterocycles. The number of benzene rings is 2. The zero-order valence-electron chi connectivity index (χ0n) is 16.8. The number of hydrogen-bond acceptors (Lipinski definition) is 7. The Labute approximate surface area is 179 Å². The van der Waals surface area contributed by atoms with Gasteiger partial charge in [-0.05, 0) is 43.2 Å². The third-order valence-electron chi connectivity index (χ3n) is 5.44. The minimum absolute atomic E-state index is 0.0988. The van der Waals surface area contributed by atoms with Crippen molar-refractivity contribution in [3.05, 3.63) is 47.5 Å². The number of rotatable bonds is 5. The van der Waals surface area contributed by atoms with Gasteiger partial charge in [0, 0.05) is 31.9 Å². The third-order valence-corrected chi connectivity index (χ3v) is 7.92. The van der Waals surface area contributed by atoms with Gasteiger partial charge in [0.1, 0.15) is 15.9 Å². The van der Waals surface area contributed by atoms with Crippen molar-refractivity contribution in [2.75, 3.05) is 38.0 Å². The van der Waals surface area contributed by atoms with Gasteiger partial charge in [0.2, 0.25) is 15.9 Å². The molecule has 30 heavy (non-hydrogen) atoms. The molecule has 0 atom stereocenters. The molecule has 0 aliphatic carbocycles. The van der Waals surface area contributed by atoms with Crippen LogP contribution in [0, 0.1) is 13.8 Å². The number of aromatic nitrogens is 2. The van der Waals surface area contributed by atoms with Gasteiger partial charge >= 0.3 is 0 Å². The van der Waals surface area contributed by atoms with Gasteiger partial charge in [-0.2, -0.15) is 13.1 Å². The van der Waals surface area contributed by atoms with Crippen LogP contribution in [0.15, 0.2) is 41.3 Å². The first-order valence-corrected chi connectivity index (χ1v) is 11.8. The van der Waals surface area contributed by atoms with Gasteiger partial charge < -0.3 is 5.32 Å². The van der Waals surface area contributed by atoms with Crippen LogP contribution in [0.3, 0.4) is 0 Å². The first-order valence-electron chi connectivity index (χ1n) is 9.66. The van der Waals surface area contributed by atoms with E-state index in [2.05, 4.69) is 14.1 Å². The van der Waals surface area contributed by atoms with E-state index in [0.717, 1.165) is 28.5 Å². The number of nitrogens with zero attached hydrogens (tertiary/aromatic N) is 4. The number of nitrogens with one attached hydrogen (secondary N) is 1. The molecule has 0 saturated carbocycles. The van der Waals surface area contributed by atoms with E-state index in [0.29, 0.717) is 37.2 Å². The van der Waals surface area contributed by atoms with Crippen molar-refractivity contribution < 1.29 is 13.2 Å². The first kappa shape index (κ1) is 20.9. The lowest BCUT2D eigenvalue weighted by Gasteiger charge is -2.33. The van der Waals surface area contributed by atoms with Crippen molar-refractivity contribution in [2.45, 2.75) is 18.7 Å². The van der Waals surface area contributed by atoms with Crippen LogP contribution in [0.1, 0.15) is 11.1 Å². The van der Waals surface area contributed by atoms with E-state index < -0.39 is 10.0 Å². The van der Waals surface area contributed by atoms with Gasteiger partial charge in [-0.1, -0.05) is 18.2 Å². The predicted molar refractivity (Wildman–Crippen MR) is 117 cm³/mol. The van der Waals surface area contributed by atoms with Gasteiger partial charge in [0.25, 0.3) is 0 Å². The maximum Gasteiger partial charge on any atom is 0.245 e. The summed E-state index contributed by atoms with van der Waals surface area (Å²) in [4.78, 5) is 14.6. The number of sulfonamides is 1. The molecule has 8 nitrogen and oxygen atoms in total. The molecule has 1 N–H and O–H groups in total. The van der Waals surface area contributed by atoms with Crippen LogP contribution in [-0.4, -0.2) is 65.0 Å². The predicted octanol–water partition coefficient (Wildman–Crippen LogP) is 2.25. The number of hydrogen-bond donors (Lipinski definition) is 1. The molecule has 0 unspecified atom stereocenters. The molecule has 3 aromatic rings. The minimum atomic E-state index is -3.66. The molecule has 1 fully saturated rings. The lowest BCUT2D eigenvalue weighted by Crippen LogP contribution is -2.50. The Kier molecular flexibility index (Phi) is 5.83. The number of anilines is 1. The molecule has 4 rings (SSSR count). The molecule has 1 amide bonds. The van der Waals surface area contributed by atoms with E-state index >= 15 is 0 Å². The molecule has 2 heterocycles. The van der Waals surface area contributed by atoms with Gasteiger partial charge in [0.15, 0.2) is 0 Å². The van der Waals surface area contributed by atoms with Crippen LogP contribution in [0.4, 0.5) is 5.69 Å². The van der Waals surface area contributed by atoms with E-state index in [-0.39, 0.29) is 17.3 Å². The zero-order chi connectivity index (χ0) is 21.3. The number of aryl methyl sites for hydroxylation is 1. The van der Waals surface area contributed by atoms with Crippen LogP contribution in [-0.2, 0) is 14.8 Å². The molecule has 158 valence electrons. The second-order valence-corrected chi connectivity index (χ2v) is 9.80. The van der Waals surface area contributed by atoms with Gasteiger partial charge in [-0.25, -0.2) is 8.42 Å². The van der Waals surface area contributed by atoms with E-state index in [9.17, 15) is 13.2 Å².